The van der Waals surface area contributed by atoms with E-state index in [-0.39, 0.29) is 19.1 Å². The molecule has 1 aliphatic rings. The standard InChI is InChI=1S/C29H37F3N2O4/c1-3-21-14-23(10-11-24(21)15-33-16-25(17-35)28(36)37)19(2)34-38-18-20-9-12-26(22-7-5-4-6-8-22)27(13-20)29(30,31)32/h9-14,22,25,33,35H,3-8,15-18H2,1-2H3,(H,36,37)/b34-19-. The van der Waals surface area contributed by atoms with Crippen molar-refractivity contribution in [2.45, 2.75) is 77.6 Å². The lowest BCUT2D eigenvalue weighted by molar-refractivity contribution is -0.143. The summed E-state index contributed by atoms with van der Waals surface area (Å²) in [7, 11) is 0. The number of aliphatic hydroxyl groups is 1. The lowest BCUT2D eigenvalue weighted by Crippen LogP contribution is -2.30. The van der Waals surface area contributed by atoms with Crippen molar-refractivity contribution < 1.29 is 33.0 Å². The van der Waals surface area contributed by atoms with Gasteiger partial charge in [-0.05, 0) is 72.1 Å². The Morgan fingerprint density at radius 3 is 2.50 bits per heavy atom. The normalized spacial score (nSPS) is 15.9. The summed E-state index contributed by atoms with van der Waals surface area (Å²) < 4.78 is 41.5. The lowest BCUT2D eigenvalue weighted by atomic mass is 9.81. The van der Waals surface area contributed by atoms with E-state index in [1.165, 1.54) is 6.07 Å². The van der Waals surface area contributed by atoms with E-state index >= 15 is 0 Å². The van der Waals surface area contributed by atoms with Gasteiger partial charge in [-0.15, -0.1) is 0 Å². The third-order valence-electron chi connectivity index (χ3n) is 7.18. The highest BCUT2D eigenvalue weighted by atomic mass is 19.4. The van der Waals surface area contributed by atoms with Gasteiger partial charge in [0.2, 0.25) is 0 Å². The van der Waals surface area contributed by atoms with Crippen LogP contribution >= 0.6 is 0 Å². The van der Waals surface area contributed by atoms with Crippen LogP contribution in [0.25, 0.3) is 0 Å². The Kier molecular flexibility index (Phi) is 10.7. The first-order valence-corrected chi connectivity index (χ1v) is 13.2. The molecule has 2 aromatic carbocycles. The number of hydrogen-bond acceptors (Lipinski definition) is 5. The smallest absolute Gasteiger partial charge is 0.416 e. The maximum Gasteiger partial charge on any atom is 0.416 e. The molecule has 0 spiro atoms. The van der Waals surface area contributed by atoms with Gasteiger partial charge in [0, 0.05) is 13.1 Å². The van der Waals surface area contributed by atoms with E-state index in [9.17, 15) is 18.0 Å². The summed E-state index contributed by atoms with van der Waals surface area (Å²) >= 11 is 0. The van der Waals surface area contributed by atoms with Gasteiger partial charge in [-0.1, -0.05) is 55.6 Å². The van der Waals surface area contributed by atoms with Crippen molar-refractivity contribution in [3.05, 3.63) is 69.8 Å². The van der Waals surface area contributed by atoms with Crippen molar-refractivity contribution in [2.75, 3.05) is 13.2 Å². The molecule has 0 bridgehead atoms. The van der Waals surface area contributed by atoms with Crippen LogP contribution in [0.1, 0.15) is 85.3 Å². The summed E-state index contributed by atoms with van der Waals surface area (Å²) in [6.45, 7) is 3.90. The first-order valence-electron chi connectivity index (χ1n) is 13.2. The highest BCUT2D eigenvalue weighted by molar-refractivity contribution is 5.98. The van der Waals surface area contributed by atoms with Crippen LogP contribution in [0.3, 0.4) is 0 Å². The number of aliphatic hydroxyl groups excluding tert-OH is 1. The number of oxime groups is 1. The maximum atomic E-state index is 13.8. The van der Waals surface area contributed by atoms with E-state index in [2.05, 4.69) is 10.5 Å². The Bertz CT molecular complexity index is 1110. The Labute approximate surface area is 221 Å². The third kappa shape index (κ3) is 8.04. The van der Waals surface area contributed by atoms with E-state index in [0.717, 1.165) is 55.2 Å². The van der Waals surface area contributed by atoms with Gasteiger partial charge in [0.1, 0.15) is 6.61 Å². The van der Waals surface area contributed by atoms with Crippen molar-refractivity contribution in [1.29, 1.82) is 0 Å². The summed E-state index contributed by atoms with van der Waals surface area (Å²) in [5, 5.41) is 25.4. The van der Waals surface area contributed by atoms with Crippen molar-refractivity contribution in [1.82, 2.24) is 5.32 Å². The Morgan fingerprint density at radius 2 is 1.87 bits per heavy atom. The molecule has 0 aliphatic heterocycles. The van der Waals surface area contributed by atoms with Crippen LogP contribution in [0.4, 0.5) is 13.2 Å². The second kappa shape index (κ2) is 13.8. The van der Waals surface area contributed by atoms with E-state index in [4.69, 9.17) is 15.1 Å². The van der Waals surface area contributed by atoms with Crippen LogP contribution in [-0.2, 0) is 35.4 Å². The number of nitrogens with one attached hydrogen (secondary N) is 1. The second-order valence-electron chi connectivity index (χ2n) is 9.89. The van der Waals surface area contributed by atoms with Crippen LogP contribution < -0.4 is 5.32 Å². The fourth-order valence-corrected chi connectivity index (χ4v) is 4.93. The molecule has 1 atom stereocenters. The molecular formula is C29H37F3N2O4. The third-order valence-corrected chi connectivity index (χ3v) is 7.18. The number of rotatable bonds is 12. The van der Waals surface area contributed by atoms with Crippen molar-refractivity contribution in [2.24, 2.45) is 11.1 Å². The molecule has 0 saturated heterocycles. The van der Waals surface area contributed by atoms with Gasteiger partial charge >= 0.3 is 12.1 Å². The molecule has 2 aromatic rings. The number of alkyl halides is 3. The molecule has 6 nitrogen and oxygen atoms in total. The summed E-state index contributed by atoms with van der Waals surface area (Å²) in [4.78, 5) is 16.5. The van der Waals surface area contributed by atoms with Crippen LogP contribution in [0, 0.1) is 5.92 Å². The largest absolute Gasteiger partial charge is 0.481 e. The average Bonchev–Trinajstić information content (AvgIpc) is 2.90. The molecular weight excluding hydrogens is 497 g/mol. The number of carboxylic acid groups (broad SMARTS) is 1. The van der Waals surface area contributed by atoms with Gasteiger partial charge in [-0.3, -0.25) is 4.79 Å². The minimum absolute atomic E-state index is 0.0465. The lowest BCUT2D eigenvalue weighted by Gasteiger charge is -2.25. The summed E-state index contributed by atoms with van der Waals surface area (Å²) in [6.07, 6.45) is 0.931. The van der Waals surface area contributed by atoms with Gasteiger partial charge in [0.05, 0.1) is 23.8 Å². The Hall–Kier alpha value is -2.91. The van der Waals surface area contributed by atoms with Crippen molar-refractivity contribution in [3.8, 4) is 0 Å². The van der Waals surface area contributed by atoms with E-state index in [0.29, 0.717) is 23.4 Å². The number of halogens is 3. The van der Waals surface area contributed by atoms with E-state index in [1.54, 1.807) is 19.1 Å². The number of hydrogen-bond donors (Lipinski definition) is 3. The number of aliphatic carboxylic acids is 1. The molecule has 208 valence electrons. The molecule has 0 amide bonds. The summed E-state index contributed by atoms with van der Waals surface area (Å²) in [5.74, 6) is -1.95. The summed E-state index contributed by atoms with van der Waals surface area (Å²) in [5.41, 5.74) is 3.71. The first-order chi connectivity index (χ1) is 18.1. The number of carbonyl (C=O) groups is 1. The molecule has 1 fully saturated rings. The fraction of sp³-hybridized carbons (Fsp3) is 0.517. The number of nitrogens with zero attached hydrogens (tertiary/aromatic N) is 1. The monoisotopic (exact) mass is 534 g/mol. The number of carboxylic acids is 1. The van der Waals surface area contributed by atoms with Crippen LogP contribution in [0.15, 0.2) is 41.6 Å². The topological polar surface area (TPSA) is 91.1 Å². The average molecular weight is 535 g/mol. The molecule has 9 heteroatoms. The van der Waals surface area contributed by atoms with Gasteiger partial charge in [0.15, 0.2) is 0 Å². The van der Waals surface area contributed by atoms with Gasteiger partial charge < -0.3 is 20.4 Å². The molecule has 0 aromatic heterocycles. The SMILES string of the molecule is CCc1cc(/C(C)=N\OCc2ccc(C3CCCCC3)c(C(F)(F)F)c2)ccc1CNCC(CO)C(=O)O. The minimum Gasteiger partial charge on any atom is -0.481 e. The van der Waals surface area contributed by atoms with Gasteiger partial charge in [-0.2, -0.15) is 13.2 Å². The minimum atomic E-state index is -4.41. The number of benzene rings is 2. The molecule has 1 saturated carbocycles. The molecule has 0 heterocycles. The maximum absolute atomic E-state index is 13.8. The van der Waals surface area contributed by atoms with E-state index < -0.39 is 30.2 Å². The fourth-order valence-electron chi connectivity index (χ4n) is 4.93. The Morgan fingerprint density at radius 1 is 1.13 bits per heavy atom. The molecule has 1 unspecified atom stereocenters. The highest BCUT2D eigenvalue weighted by Crippen LogP contribution is 2.41. The van der Waals surface area contributed by atoms with Gasteiger partial charge in [-0.25, -0.2) is 0 Å². The molecule has 1 aliphatic carbocycles. The van der Waals surface area contributed by atoms with E-state index in [1.807, 2.05) is 25.1 Å². The Balaban J connectivity index is 1.65. The van der Waals surface area contributed by atoms with Crippen molar-refractivity contribution in [3.63, 3.8) is 0 Å². The first kappa shape index (κ1) is 29.6. The molecule has 0 radical (unpaired) electrons. The van der Waals surface area contributed by atoms with Crippen LogP contribution in [-0.4, -0.2) is 35.0 Å². The van der Waals surface area contributed by atoms with Crippen LogP contribution in [0.2, 0.25) is 0 Å². The number of aryl methyl sites for hydroxylation is 1. The highest BCUT2D eigenvalue weighted by Gasteiger charge is 2.35. The summed E-state index contributed by atoms with van der Waals surface area (Å²) in [6, 6.07) is 10.3. The van der Waals surface area contributed by atoms with Crippen molar-refractivity contribution >= 4 is 11.7 Å². The molecule has 38 heavy (non-hydrogen) atoms. The zero-order valence-corrected chi connectivity index (χ0v) is 22.0. The predicted octanol–water partition coefficient (Wildman–Crippen LogP) is 6.04. The molecule has 3 rings (SSSR count). The second-order valence-corrected chi connectivity index (χ2v) is 9.89. The zero-order valence-electron chi connectivity index (χ0n) is 22.0. The van der Waals surface area contributed by atoms with Gasteiger partial charge in [0.25, 0.3) is 0 Å². The molecule has 3 N–H and O–H groups in total. The predicted molar refractivity (Wildman–Crippen MR) is 140 cm³/mol. The van der Waals surface area contributed by atoms with Crippen LogP contribution in [0.5, 0.6) is 0 Å². The zero-order chi connectivity index (χ0) is 27.7. The quantitative estimate of drug-likeness (QED) is 0.228.